The van der Waals surface area contributed by atoms with Crippen molar-refractivity contribution in [2.75, 3.05) is 11.9 Å². The van der Waals surface area contributed by atoms with Crippen LogP contribution in [0.15, 0.2) is 18.3 Å². The molecule has 0 amide bonds. The number of anilines is 1. The van der Waals surface area contributed by atoms with Gasteiger partial charge in [0, 0.05) is 19.3 Å². The van der Waals surface area contributed by atoms with Crippen molar-refractivity contribution in [1.29, 1.82) is 0 Å². The Kier molecular flexibility index (Phi) is 4.30. The third kappa shape index (κ3) is 2.95. The Balaban J connectivity index is 2.91. The van der Waals surface area contributed by atoms with Crippen LogP contribution >= 0.6 is 0 Å². The number of hydrogen-bond acceptors (Lipinski definition) is 3. The molecule has 0 saturated carbocycles. The maximum Gasteiger partial charge on any atom is 0.128 e. The Morgan fingerprint density at radius 3 is 2.38 bits per heavy atom. The Hall–Kier alpha value is -1.09. The maximum absolute atomic E-state index is 9.53. The predicted octanol–water partition coefficient (Wildman–Crippen LogP) is 2.62. The van der Waals surface area contributed by atoms with E-state index in [-0.39, 0.29) is 0 Å². The number of hydrogen-bond donors (Lipinski definition) is 1. The summed E-state index contributed by atoms with van der Waals surface area (Å²) in [6.07, 6.45) is 1.31. The Morgan fingerprint density at radius 1 is 1.25 bits per heavy atom. The van der Waals surface area contributed by atoms with Crippen molar-refractivity contribution < 1.29 is 5.11 Å². The van der Waals surface area contributed by atoms with Gasteiger partial charge in [0.25, 0.3) is 0 Å². The van der Waals surface area contributed by atoms with Crippen LogP contribution in [-0.4, -0.2) is 23.2 Å². The van der Waals surface area contributed by atoms with Gasteiger partial charge in [-0.1, -0.05) is 13.8 Å². The molecule has 0 aliphatic carbocycles. The predicted molar refractivity (Wildman–Crippen MR) is 67.6 cm³/mol. The first-order valence-electron chi connectivity index (χ1n) is 5.80. The van der Waals surface area contributed by atoms with Crippen molar-refractivity contribution in [2.24, 2.45) is 5.92 Å². The third-order valence-electron chi connectivity index (χ3n) is 3.19. The van der Waals surface area contributed by atoms with Gasteiger partial charge in [0.2, 0.25) is 0 Å². The molecule has 0 saturated heterocycles. The lowest BCUT2D eigenvalue weighted by Crippen LogP contribution is -2.33. The molecule has 1 aromatic rings. The molecular weight excluding hydrogens is 200 g/mol. The van der Waals surface area contributed by atoms with Gasteiger partial charge in [0.1, 0.15) is 5.82 Å². The van der Waals surface area contributed by atoms with E-state index in [9.17, 15) is 5.11 Å². The summed E-state index contributed by atoms with van der Waals surface area (Å²) in [6, 6.07) is 4.22. The summed E-state index contributed by atoms with van der Waals surface area (Å²) in [4.78, 5) is 6.49. The number of aliphatic hydroxyl groups excluding tert-OH is 1. The van der Waals surface area contributed by atoms with E-state index in [1.54, 1.807) is 13.1 Å². The van der Waals surface area contributed by atoms with Crippen LogP contribution < -0.4 is 4.90 Å². The van der Waals surface area contributed by atoms with E-state index in [4.69, 9.17) is 0 Å². The second-order valence-electron chi connectivity index (χ2n) is 4.72. The molecule has 1 N–H and O–H groups in total. The highest BCUT2D eigenvalue weighted by atomic mass is 16.3. The molecule has 2 atom stereocenters. The molecule has 0 bridgehead atoms. The summed E-state index contributed by atoms with van der Waals surface area (Å²) in [5, 5.41) is 9.53. The van der Waals surface area contributed by atoms with E-state index in [2.05, 4.69) is 30.7 Å². The minimum absolute atomic E-state index is 0.428. The highest BCUT2D eigenvalue weighted by Gasteiger charge is 2.15. The van der Waals surface area contributed by atoms with Gasteiger partial charge in [0.15, 0.2) is 0 Å². The monoisotopic (exact) mass is 222 g/mol. The summed E-state index contributed by atoms with van der Waals surface area (Å²) >= 11 is 0. The van der Waals surface area contributed by atoms with Crippen molar-refractivity contribution in [1.82, 2.24) is 4.98 Å². The minimum Gasteiger partial charge on any atom is -0.389 e. The quantitative estimate of drug-likeness (QED) is 0.850. The molecule has 3 heteroatoms. The number of nitrogens with zero attached hydrogens (tertiary/aromatic N) is 2. The summed E-state index contributed by atoms with van der Waals surface area (Å²) in [5.41, 5.74) is 0.910. The minimum atomic E-state index is -0.440. The fourth-order valence-electron chi connectivity index (χ4n) is 1.54. The molecule has 1 aromatic heterocycles. The zero-order chi connectivity index (χ0) is 12.3. The van der Waals surface area contributed by atoms with E-state index in [0.29, 0.717) is 12.0 Å². The molecule has 0 spiro atoms. The Labute approximate surface area is 98.1 Å². The molecule has 90 valence electrons. The average Bonchev–Trinajstić information content (AvgIpc) is 2.27. The van der Waals surface area contributed by atoms with Gasteiger partial charge >= 0.3 is 0 Å². The molecule has 0 aromatic carbocycles. The molecule has 0 aliphatic rings. The number of aromatic nitrogens is 1. The lowest BCUT2D eigenvalue weighted by molar-refractivity contribution is 0.199. The lowest BCUT2D eigenvalue weighted by atomic mass is 10.0. The first-order chi connectivity index (χ1) is 7.43. The summed E-state index contributed by atoms with van der Waals surface area (Å²) in [5.74, 6) is 1.49. The first kappa shape index (κ1) is 13.0. The van der Waals surface area contributed by atoms with Gasteiger partial charge in [-0.2, -0.15) is 0 Å². The molecule has 16 heavy (non-hydrogen) atoms. The van der Waals surface area contributed by atoms with E-state index >= 15 is 0 Å². The smallest absolute Gasteiger partial charge is 0.128 e. The van der Waals surface area contributed by atoms with Gasteiger partial charge in [-0.05, 0) is 37.5 Å². The zero-order valence-electron chi connectivity index (χ0n) is 10.8. The largest absolute Gasteiger partial charge is 0.389 e. The summed E-state index contributed by atoms with van der Waals surface area (Å²) in [7, 11) is 2.04. The molecular formula is C13H22N2O. The molecule has 1 heterocycles. The molecule has 2 unspecified atom stereocenters. The zero-order valence-corrected chi connectivity index (χ0v) is 10.8. The second-order valence-corrected chi connectivity index (χ2v) is 4.72. The van der Waals surface area contributed by atoms with Crippen molar-refractivity contribution in [3.63, 3.8) is 0 Å². The van der Waals surface area contributed by atoms with Gasteiger partial charge in [-0.3, -0.25) is 0 Å². The van der Waals surface area contributed by atoms with Gasteiger partial charge in [0.05, 0.1) is 6.10 Å². The van der Waals surface area contributed by atoms with Crippen LogP contribution in [0.25, 0.3) is 0 Å². The molecule has 0 aliphatic heterocycles. The molecule has 0 radical (unpaired) electrons. The van der Waals surface area contributed by atoms with Crippen molar-refractivity contribution in [3.8, 4) is 0 Å². The first-order valence-corrected chi connectivity index (χ1v) is 5.80. The van der Waals surface area contributed by atoms with Gasteiger partial charge in [-0.15, -0.1) is 0 Å². The van der Waals surface area contributed by atoms with Crippen LogP contribution in [0.1, 0.15) is 39.4 Å². The van der Waals surface area contributed by atoms with E-state index in [1.807, 2.05) is 19.2 Å². The highest BCUT2D eigenvalue weighted by molar-refractivity contribution is 5.41. The van der Waals surface area contributed by atoms with Crippen LogP contribution in [0.3, 0.4) is 0 Å². The van der Waals surface area contributed by atoms with Gasteiger partial charge in [-0.25, -0.2) is 4.98 Å². The van der Waals surface area contributed by atoms with E-state index in [0.717, 1.165) is 11.4 Å². The highest BCUT2D eigenvalue weighted by Crippen LogP contribution is 2.20. The number of rotatable bonds is 4. The molecule has 1 rings (SSSR count). The van der Waals surface area contributed by atoms with E-state index in [1.165, 1.54) is 0 Å². The van der Waals surface area contributed by atoms with Crippen LogP contribution in [-0.2, 0) is 0 Å². The van der Waals surface area contributed by atoms with Crippen LogP contribution in [0.2, 0.25) is 0 Å². The Bertz CT molecular complexity index is 336. The van der Waals surface area contributed by atoms with Crippen LogP contribution in [0.5, 0.6) is 0 Å². The normalized spacial score (nSPS) is 14.9. The standard InChI is InChI=1S/C13H22N2O/c1-9(2)10(3)15(5)13-8-12(11(4)16)6-7-14-13/h6-11,16H,1-5H3. The van der Waals surface area contributed by atoms with Crippen LogP contribution in [0, 0.1) is 5.92 Å². The fraction of sp³-hybridized carbons (Fsp3) is 0.615. The number of pyridine rings is 1. The van der Waals surface area contributed by atoms with E-state index < -0.39 is 6.10 Å². The Morgan fingerprint density at radius 2 is 1.88 bits per heavy atom. The van der Waals surface area contributed by atoms with Crippen molar-refractivity contribution in [3.05, 3.63) is 23.9 Å². The summed E-state index contributed by atoms with van der Waals surface area (Å²) in [6.45, 7) is 8.34. The summed E-state index contributed by atoms with van der Waals surface area (Å²) < 4.78 is 0. The fourth-order valence-corrected chi connectivity index (χ4v) is 1.54. The maximum atomic E-state index is 9.53. The molecule has 0 fully saturated rings. The average molecular weight is 222 g/mol. The molecule has 3 nitrogen and oxygen atoms in total. The topological polar surface area (TPSA) is 36.4 Å². The number of aliphatic hydroxyl groups is 1. The lowest BCUT2D eigenvalue weighted by Gasteiger charge is -2.29. The van der Waals surface area contributed by atoms with Crippen LogP contribution in [0.4, 0.5) is 5.82 Å². The SMILES string of the molecule is CC(O)c1ccnc(N(C)C(C)C(C)C)c1. The van der Waals surface area contributed by atoms with Crippen molar-refractivity contribution >= 4 is 5.82 Å². The van der Waals surface area contributed by atoms with Gasteiger partial charge < -0.3 is 10.0 Å². The second kappa shape index (κ2) is 5.30. The third-order valence-corrected chi connectivity index (χ3v) is 3.19. The van der Waals surface area contributed by atoms with Crippen molar-refractivity contribution in [2.45, 2.75) is 39.8 Å².